The molecule has 1 rings (SSSR count). The van der Waals surface area contributed by atoms with Crippen LogP contribution in [0.15, 0.2) is 18.2 Å². The van der Waals surface area contributed by atoms with Crippen LogP contribution in [0.2, 0.25) is 0 Å². The van der Waals surface area contributed by atoms with Crippen LogP contribution < -0.4 is 4.74 Å². The smallest absolute Gasteiger partial charge is 0.347 e. The lowest BCUT2D eigenvalue weighted by Gasteiger charge is -2.23. The topological polar surface area (TPSA) is 46.5 Å². The van der Waals surface area contributed by atoms with Crippen LogP contribution in [0.3, 0.4) is 0 Å². The Kier molecular flexibility index (Phi) is 3.58. The van der Waals surface area contributed by atoms with Crippen molar-refractivity contribution in [3.8, 4) is 5.75 Å². The van der Waals surface area contributed by atoms with Gasteiger partial charge in [-0.1, -0.05) is 24.6 Å². The molecule has 0 heterocycles. The largest absolute Gasteiger partial charge is 0.478 e. The summed E-state index contributed by atoms with van der Waals surface area (Å²) in [6, 6.07) is 5.78. The molecule has 3 heteroatoms. The van der Waals surface area contributed by atoms with Gasteiger partial charge in [-0.25, -0.2) is 4.79 Å². The Labute approximate surface area is 96.1 Å². The van der Waals surface area contributed by atoms with Gasteiger partial charge < -0.3 is 9.84 Å². The summed E-state index contributed by atoms with van der Waals surface area (Å²) in [7, 11) is 0. The molecule has 16 heavy (non-hydrogen) atoms. The van der Waals surface area contributed by atoms with Gasteiger partial charge in [0.2, 0.25) is 0 Å². The van der Waals surface area contributed by atoms with Crippen molar-refractivity contribution in [2.45, 2.75) is 39.7 Å². The van der Waals surface area contributed by atoms with Gasteiger partial charge in [-0.2, -0.15) is 0 Å². The van der Waals surface area contributed by atoms with Gasteiger partial charge in [0, 0.05) is 0 Å². The Hall–Kier alpha value is -1.51. The summed E-state index contributed by atoms with van der Waals surface area (Å²) >= 11 is 0. The third kappa shape index (κ3) is 2.75. The van der Waals surface area contributed by atoms with E-state index < -0.39 is 11.6 Å². The average molecular weight is 222 g/mol. The van der Waals surface area contributed by atoms with E-state index in [-0.39, 0.29) is 0 Å². The molecular formula is C13H18O3. The van der Waals surface area contributed by atoms with Crippen LogP contribution in [0.5, 0.6) is 5.75 Å². The number of aryl methyl sites for hydroxylation is 2. The summed E-state index contributed by atoms with van der Waals surface area (Å²) in [6.45, 7) is 7.13. The minimum atomic E-state index is -1.20. The highest BCUT2D eigenvalue weighted by atomic mass is 16.5. The third-order valence-electron chi connectivity index (χ3n) is 2.48. The zero-order valence-corrected chi connectivity index (χ0v) is 10.2. The summed E-state index contributed by atoms with van der Waals surface area (Å²) < 4.78 is 5.54. The number of rotatable bonds is 4. The van der Waals surface area contributed by atoms with Crippen LogP contribution in [-0.4, -0.2) is 16.7 Å². The van der Waals surface area contributed by atoms with E-state index in [0.29, 0.717) is 5.75 Å². The first-order chi connectivity index (χ1) is 7.36. The molecule has 0 amide bonds. The molecule has 1 aromatic rings. The zero-order chi connectivity index (χ0) is 12.3. The number of hydrogen-bond acceptors (Lipinski definition) is 2. The average Bonchev–Trinajstić information content (AvgIpc) is 2.20. The van der Waals surface area contributed by atoms with Crippen molar-refractivity contribution in [3.05, 3.63) is 29.3 Å². The summed E-state index contributed by atoms with van der Waals surface area (Å²) in [6.07, 6.45) is 0.826. The fourth-order valence-corrected chi connectivity index (χ4v) is 1.40. The molecule has 3 nitrogen and oxygen atoms in total. The SMILES string of the molecule is CCc1cc(C)ccc1OC(C)(C)C(=O)O. The fraction of sp³-hybridized carbons (Fsp3) is 0.462. The van der Waals surface area contributed by atoms with Crippen LogP contribution in [0, 0.1) is 6.92 Å². The molecule has 0 aliphatic heterocycles. The van der Waals surface area contributed by atoms with E-state index in [9.17, 15) is 4.79 Å². The number of aliphatic carboxylic acids is 1. The number of carbonyl (C=O) groups is 1. The Bertz CT molecular complexity index is 394. The molecule has 0 aromatic heterocycles. The van der Waals surface area contributed by atoms with Crippen molar-refractivity contribution in [2.75, 3.05) is 0 Å². The van der Waals surface area contributed by atoms with E-state index in [4.69, 9.17) is 9.84 Å². The lowest BCUT2D eigenvalue weighted by atomic mass is 10.1. The fourth-order valence-electron chi connectivity index (χ4n) is 1.40. The van der Waals surface area contributed by atoms with E-state index in [1.54, 1.807) is 13.8 Å². The maximum atomic E-state index is 11.0. The lowest BCUT2D eigenvalue weighted by Crippen LogP contribution is -2.38. The van der Waals surface area contributed by atoms with Gasteiger partial charge in [0.1, 0.15) is 5.75 Å². The summed E-state index contributed by atoms with van der Waals surface area (Å²) in [5, 5.41) is 9.00. The van der Waals surface area contributed by atoms with Crippen LogP contribution >= 0.6 is 0 Å². The first-order valence-corrected chi connectivity index (χ1v) is 5.38. The predicted molar refractivity (Wildman–Crippen MR) is 62.9 cm³/mol. The molecule has 0 aliphatic rings. The Morgan fingerprint density at radius 1 is 1.44 bits per heavy atom. The minimum absolute atomic E-state index is 0.653. The Morgan fingerprint density at radius 2 is 2.06 bits per heavy atom. The molecule has 0 saturated carbocycles. The van der Waals surface area contributed by atoms with E-state index in [1.165, 1.54) is 0 Å². The molecule has 0 spiro atoms. The zero-order valence-electron chi connectivity index (χ0n) is 10.2. The maximum Gasteiger partial charge on any atom is 0.347 e. The van der Waals surface area contributed by atoms with Crippen molar-refractivity contribution in [2.24, 2.45) is 0 Å². The van der Waals surface area contributed by atoms with Crippen molar-refractivity contribution in [1.29, 1.82) is 0 Å². The number of benzene rings is 1. The number of hydrogen-bond donors (Lipinski definition) is 1. The molecule has 0 unspecified atom stereocenters. The van der Waals surface area contributed by atoms with Crippen molar-refractivity contribution < 1.29 is 14.6 Å². The number of carboxylic acids is 1. The maximum absolute atomic E-state index is 11.0. The van der Waals surface area contributed by atoms with E-state index in [0.717, 1.165) is 17.5 Å². The van der Waals surface area contributed by atoms with Crippen LogP contribution in [0.1, 0.15) is 31.9 Å². The summed E-state index contributed by atoms with van der Waals surface area (Å²) in [5.74, 6) is -0.310. The molecule has 1 N–H and O–H groups in total. The number of carboxylic acid groups (broad SMARTS) is 1. The van der Waals surface area contributed by atoms with Gasteiger partial charge in [0.05, 0.1) is 0 Å². The first kappa shape index (κ1) is 12.6. The standard InChI is InChI=1S/C13H18O3/c1-5-10-8-9(2)6-7-11(10)16-13(3,4)12(14)15/h6-8H,5H2,1-4H3,(H,14,15). The van der Waals surface area contributed by atoms with Crippen molar-refractivity contribution in [3.63, 3.8) is 0 Å². The minimum Gasteiger partial charge on any atom is -0.478 e. The predicted octanol–water partition coefficient (Wildman–Crippen LogP) is 2.80. The molecule has 0 aliphatic carbocycles. The third-order valence-corrected chi connectivity index (χ3v) is 2.48. The monoisotopic (exact) mass is 222 g/mol. The van der Waals surface area contributed by atoms with Gasteiger partial charge in [-0.05, 0) is 38.8 Å². The van der Waals surface area contributed by atoms with Crippen molar-refractivity contribution >= 4 is 5.97 Å². The quantitative estimate of drug-likeness (QED) is 0.852. The van der Waals surface area contributed by atoms with Gasteiger partial charge in [0.15, 0.2) is 5.60 Å². The van der Waals surface area contributed by atoms with Gasteiger partial charge in [-0.3, -0.25) is 0 Å². The molecule has 0 radical (unpaired) electrons. The van der Waals surface area contributed by atoms with Gasteiger partial charge in [0.25, 0.3) is 0 Å². The second kappa shape index (κ2) is 4.56. The van der Waals surface area contributed by atoms with Gasteiger partial charge >= 0.3 is 5.97 Å². The Balaban J connectivity index is 3.01. The van der Waals surface area contributed by atoms with Crippen LogP contribution in [0.4, 0.5) is 0 Å². The molecular weight excluding hydrogens is 204 g/mol. The lowest BCUT2D eigenvalue weighted by molar-refractivity contribution is -0.152. The number of ether oxygens (including phenoxy) is 1. The summed E-state index contributed by atoms with van der Waals surface area (Å²) in [4.78, 5) is 11.0. The van der Waals surface area contributed by atoms with E-state index in [2.05, 4.69) is 0 Å². The highest BCUT2D eigenvalue weighted by Gasteiger charge is 2.29. The molecule has 0 bridgehead atoms. The van der Waals surface area contributed by atoms with Crippen molar-refractivity contribution in [1.82, 2.24) is 0 Å². The van der Waals surface area contributed by atoms with Crippen LogP contribution in [-0.2, 0) is 11.2 Å². The molecule has 0 fully saturated rings. The second-order valence-corrected chi connectivity index (χ2v) is 4.38. The highest BCUT2D eigenvalue weighted by Crippen LogP contribution is 2.25. The van der Waals surface area contributed by atoms with Gasteiger partial charge in [-0.15, -0.1) is 0 Å². The Morgan fingerprint density at radius 3 is 2.56 bits per heavy atom. The normalized spacial score (nSPS) is 11.2. The van der Waals surface area contributed by atoms with E-state index in [1.807, 2.05) is 32.0 Å². The molecule has 88 valence electrons. The first-order valence-electron chi connectivity index (χ1n) is 5.38. The van der Waals surface area contributed by atoms with Crippen LogP contribution in [0.25, 0.3) is 0 Å². The molecule has 0 atom stereocenters. The molecule has 1 aromatic carbocycles. The molecule has 0 saturated heterocycles. The second-order valence-electron chi connectivity index (χ2n) is 4.38. The highest BCUT2D eigenvalue weighted by molar-refractivity contribution is 5.76. The summed E-state index contributed by atoms with van der Waals surface area (Å²) in [5.41, 5.74) is 0.991. The van der Waals surface area contributed by atoms with E-state index >= 15 is 0 Å².